The van der Waals surface area contributed by atoms with E-state index >= 15 is 0 Å². The topological polar surface area (TPSA) is 32.7 Å². The number of rotatable bonds is 8. The van der Waals surface area contributed by atoms with E-state index in [-0.39, 0.29) is 5.75 Å². The van der Waals surface area contributed by atoms with Crippen LogP contribution >= 0.6 is 15.9 Å². The lowest BCUT2D eigenvalue weighted by molar-refractivity contribution is 0.403. The van der Waals surface area contributed by atoms with Crippen molar-refractivity contribution >= 4 is 21.6 Å². The monoisotopic (exact) mass is 329 g/mol. The average Bonchev–Trinajstić information content (AvgIpc) is 2.41. The minimum atomic E-state index is 0.215. The summed E-state index contributed by atoms with van der Waals surface area (Å²) in [5.41, 5.74) is 0.980. The first-order chi connectivity index (χ1) is 9.10. The molecule has 1 rings (SSSR count). The molecule has 0 aromatic heterocycles. The number of ether oxygens (including phenoxy) is 1. The van der Waals surface area contributed by atoms with Gasteiger partial charge in [0.1, 0.15) is 16.0 Å². The van der Waals surface area contributed by atoms with Gasteiger partial charge in [-0.3, -0.25) is 0 Å². The van der Waals surface area contributed by atoms with Crippen molar-refractivity contribution < 1.29 is 9.84 Å². The van der Waals surface area contributed by atoms with Gasteiger partial charge in [-0.1, -0.05) is 32.6 Å². The number of methoxy groups -OCH3 is 1. The maximum Gasteiger partial charge on any atom is 0.138 e. The molecule has 0 spiro atoms. The standard InChI is InChI=1S/C15H24BrNO2/c1-4-5-6-7-8-9-17(2)12-10-13(18)15(16)14(11-12)19-3/h10-11,18H,4-9H2,1-3H3. The Labute approximate surface area is 124 Å². The molecule has 0 atom stereocenters. The van der Waals surface area contributed by atoms with Crippen LogP contribution in [0.25, 0.3) is 0 Å². The van der Waals surface area contributed by atoms with Crippen molar-refractivity contribution in [1.29, 1.82) is 0 Å². The smallest absolute Gasteiger partial charge is 0.138 e. The van der Waals surface area contributed by atoms with E-state index in [1.54, 1.807) is 13.2 Å². The summed E-state index contributed by atoms with van der Waals surface area (Å²) < 4.78 is 5.85. The average molecular weight is 330 g/mol. The highest BCUT2D eigenvalue weighted by molar-refractivity contribution is 9.10. The number of benzene rings is 1. The third-order valence-corrected chi connectivity index (χ3v) is 4.06. The number of anilines is 1. The molecule has 0 aliphatic rings. The second-order valence-electron chi connectivity index (χ2n) is 4.82. The van der Waals surface area contributed by atoms with E-state index in [0.717, 1.165) is 12.2 Å². The minimum absolute atomic E-state index is 0.215. The maximum atomic E-state index is 9.85. The largest absolute Gasteiger partial charge is 0.507 e. The van der Waals surface area contributed by atoms with Crippen LogP contribution in [0.1, 0.15) is 39.0 Å². The number of aromatic hydroxyl groups is 1. The summed E-state index contributed by atoms with van der Waals surface area (Å²) in [7, 11) is 3.65. The molecule has 1 N–H and O–H groups in total. The van der Waals surface area contributed by atoms with Gasteiger partial charge in [0, 0.05) is 31.4 Å². The molecule has 1 aromatic rings. The lowest BCUT2D eigenvalue weighted by Gasteiger charge is -2.20. The zero-order valence-corrected chi connectivity index (χ0v) is 13.7. The van der Waals surface area contributed by atoms with E-state index in [1.807, 2.05) is 13.1 Å². The molecule has 4 heteroatoms. The van der Waals surface area contributed by atoms with Crippen molar-refractivity contribution in [2.24, 2.45) is 0 Å². The maximum absolute atomic E-state index is 9.85. The quantitative estimate of drug-likeness (QED) is 0.709. The molecule has 3 nitrogen and oxygen atoms in total. The van der Waals surface area contributed by atoms with Crippen LogP contribution in [0.5, 0.6) is 11.5 Å². The molecule has 0 saturated heterocycles. The van der Waals surface area contributed by atoms with E-state index in [0.29, 0.717) is 10.2 Å². The Morgan fingerprint density at radius 3 is 2.53 bits per heavy atom. The van der Waals surface area contributed by atoms with Crippen molar-refractivity contribution in [3.05, 3.63) is 16.6 Å². The number of hydrogen-bond acceptors (Lipinski definition) is 3. The lowest BCUT2D eigenvalue weighted by atomic mass is 10.1. The van der Waals surface area contributed by atoms with Crippen molar-refractivity contribution in [2.75, 3.05) is 25.6 Å². The van der Waals surface area contributed by atoms with E-state index < -0.39 is 0 Å². The predicted molar refractivity (Wildman–Crippen MR) is 84.4 cm³/mol. The van der Waals surface area contributed by atoms with Crippen LogP contribution in [0.4, 0.5) is 5.69 Å². The number of unbranched alkanes of at least 4 members (excludes halogenated alkanes) is 4. The zero-order valence-electron chi connectivity index (χ0n) is 12.1. The van der Waals surface area contributed by atoms with Crippen LogP contribution < -0.4 is 9.64 Å². The highest BCUT2D eigenvalue weighted by Crippen LogP contribution is 2.37. The number of phenolic OH excluding ortho intramolecular Hbond substituents is 1. The van der Waals surface area contributed by atoms with Gasteiger partial charge in [0.05, 0.1) is 7.11 Å². The van der Waals surface area contributed by atoms with Gasteiger partial charge < -0.3 is 14.7 Å². The van der Waals surface area contributed by atoms with E-state index in [1.165, 1.54) is 32.1 Å². The highest BCUT2D eigenvalue weighted by Gasteiger charge is 2.10. The van der Waals surface area contributed by atoms with Gasteiger partial charge in [0.15, 0.2) is 0 Å². The number of nitrogens with zero attached hydrogens (tertiary/aromatic N) is 1. The Bertz CT molecular complexity index is 396. The summed E-state index contributed by atoms with van der Waals surface area (Å²) in [5, 5.41) is 9.85. The Hall–Kier alpha value is -0.900. The summed E-state index contributed by atoms with van der Waals surface area (Å²) in [6.45, 7) is 3.22. The van der Waals surface area contributed by atoms with Crippen molar-refractivity contribution in [2.45, 2.75) is 39.0 Å². The van der Waals surface area contributed by atoms with Gasteiger partial charge in [-0.15, -0.1) is 0 Å². The SMILES string of the molecule is CCCCCCCN(C)c1cc(O)c(Br)c(OC)c1. The lowest BCUT2D eigenvalue weighted by Crippen LogP contribution is -2.18. The molecule has 0 amide bonds. The number of phenols is 1. The van der Waals surface area contributed by atoms with E-state index in [2.05, 4.69) is 27.8 Å². The van der Waals surface area contributed by atoms with Crippen LogP contribution in [0.15, 0.2) is 16.6 Å². The van der Waals surface area contributed by atoms with Crippen LogP contribution in [-0.4, -0.2) is 25.8 Å². The summed E-state index contributed by atoms with van der Waals surface area (Å²) in [5.74, 6) is 0.875. The third kappa shape index (κ3) is 4.94. The van der Waals surface area contributed by atoms with E-state index in [4.69, 9.17) is 4.74 Å². The fourth-order valence-corrected chi connectivity index (χ4v) is 2.41. The molecule has 0 bridgehead atoms. The van der Waals surface area contributed by atoms with Crippen molar-refractivity contribution in [1.82, 2.24) is 0 Å². The summed E-state index contributed by atoms with van der Waals surface area (Å²) in [4.78, 5) is 2.15. The Morgan fingerprint density at radius 2 is 1.89 bits per heavy atom. The van der Waals surface area contributed by atoms with Gasteiger partial charge in [-0.2, -0.15) is 0 Å². The fourth-order valence-electron chi connectivity index (χ4n) is 2.02. The predicted octanol–water partition coefficient (Wildman–Crippen LogP) is 4.57. The molecular formula is C15H24BrNO2. The zero-order chi connectivity index (χ0) is 14.3. The first kappa shape index (κ1) is 16.2. The Morgan fingerprint density at radius 1 is 1.21 bits per heavy atom. The van der Waals surface area contributed by atoms with Gasteiger partial charge in [0.2, 0.25) is 0 Å². The van der Waals surface area contributed by atoms with Crippen LogP contribution in [-0.2, 0) is 0 Å². The second kappa shape index (κ2) is 8.31. The molecule has 0 aliphatic carbocycles. The normalized spacial score (nSPS) is 10.5. The molecular weight excluding hydrogens is 306 g/mol. The van der Waals surface area contributed by atoms with Crippen LogP contribution in [0, 0.1) is 0 Å². The molecule has 0 aliphatic heterocycles. The molecule has 19 heavy (non-hydrogen) atoms. The first-order valence-corrected chi connectivity index (χ1v) is 7.67. The number of hydrogen-bond donors (Lipinski definition) is 1. The fraction of sp³-hybridized carbons (Fsp3) is 0.600. The van der Waals surface area contributed by atoms with Crippen molar-refractivity contribution in [3.8, 4) is 11.5 Å². The molecule has 1 aromatic carbocycles. The van der Waals surface area contributed by atoms with Gasteiger partial charge in [-0.25, -0.2) is 0 Å². The molecule has 0 radical (unpaired) electrons. The first-order valence-electron chi connectivity index (χ1n) is 6.87. The third-order valence-electron chi connectivity index (χ3n) is 3.26. The summed E-state index contributed by atoms with van der Waals surface area (Å²) >= 11 is 3.31. The van der Waals surface area contributed by atoms with E-state index in [9.17, 15) is 5.11 Å². The van der Waals surface area contributed by atoms with Gasteiger partial charge in [0.25, 0.3) is 0 Å². The van der Waals surface area contributed by atoms with Crippen LogP contribution in [0.3, 0.4) is 0 Å². The molecule has 108 valence electrons. The summed E-state index contributed by atoms with van der Waals surface area (Å²) in [6, 6.07) is 3.70. The second-order valence-corrected chi connectivity index (χ2v) is 5.61. The molecule has 0 fully saturated rings. The van der Waals surface area contributed by atoms with Crippen LogP contribution in [0.2, 0.25) is 0 Å². The van der Waals surface area contributed by atoms with Gasteiger partial charge in [-0.05, 0) is 22.4 Å². The Balaban J connectivity index is 2.57. The Kier molecular flexibility index (Phi) is 7.06. The summed E-state index contributed by atoms with van der Waals surface area (Å²) in [6.07, 6.45) is 6.33. The highest BCUT2D eigenvalue weighted by atomic mass is 79.9. The van der Waals surface area contributed by atoms with Crippen molar-refractivity contribution in [3.63, 3.8) is 0 Å². The van der Waals surface area contributed by atoms with Gasteiger partial charge >= 0.3 is 0 Å². The molecule has 0 unspecified atom stereocenters. The molecule has 0 heterocycles. The minimum Gasteiger partial charge on any atom is -0.507 e. The number of halogens is 1. The molecule has 0 saturated carbocycles.